The number of Topliss-reactive ketones (excluding diaryl/α,β-unsaturated/α-hetero) is 1. The van der Waals surface area contributed by atoms with Crippen LogP contribution in [0.25, 0.3) is 0 Å². The first-order valence-electron chi connectivity index (χ1n) is 9.71. The van der Waals surface area contributed by atoms with Crippen molar-refractivity contribution in [2.45, 2.75) is 36.2 Å². The lowest BCUT2D eigenvalue weighted by Gasteiger charge is -2.32. The van der Waals surface area contributed by atoms with Gasteiger partial charge in [-0.25, -0.2) is 9.07 Å². The number of halogens is 2. The van der Waals surface area contributed by atoms with E-state index in [0.29, 0.717) is 33.9 Å². The molecule has 1 N–H and O–H groups in total. The Bertz CT molecular complexity index is 1160. The van der Waals surface area contributed by atoms with Gasteiger partial charge in [-0.15, -0.1) is 5.10 Å². The lowest BCUT2D eigenvalue weighted by atomic mass is 9.85. The van der Waals surface area contributed by atoms with Crippen molar-refractivity contribution in [3.63, 3.8) is 0 Å². The molecule has 5 rings (SSSR count). The number of nitrogens with zero attached hydrogens (tertiary/aromatic N) is 3. The predicted molar refractivity (Wildman–Crippen MR) is 115 cm³/mol. The fraction of sp³-hybridized carbons (Fsp3) is 0.227. The molecule has 0 saturated carbocycles. The van der Waals surface area contributed by atoms with Gasteiger partial charge in [0.25, 0.3) is 0 Å². The van der Waals surface area contributed by atoms with E-state index < -0.39 is 0 Å². The number of thioether (sulfide) groups is 1. The molecule has 1 aliphatic heterocycles. The topological polar surface area (TPSA) is 59.8 Å². The number of carbonyl (C=O) groups excluding carboxylic acids is 1. The van der Waals surface area contributed by atoms with E-state index >= 15 is 0 Å². The highest BCUT2D eigenvalue weighted by atomic mass is 35.5. The van der Waals surface area contributed by atoms with E-state index in [1.807, 2.05) is 30.3 Å². The average molecular weight is 441 g/mol. The number of hydrogen-bond acceptors (Lipinski definition) is 5. The van der Waals surface area contributed by atoms with Gasteiger partial charge in [-0.1, -0.05) is 53.7 Å². The number of fused-ring (bicyclic) bond motifs is 1. The van der Waals surface area contributed by atoms with Crippen molar-refractivity contribution in [3.8, 4) is 0 Å². The summed E-state index contributed by atoms with van der Waals surface area (Å²) >= 11 is 7.44. The Morgan fingerprint density at radius 1 is 1.17 bits per heavy atom. The molecule has 0 radical (unpaired) electrons. The Balaban J connectivity index is 1.51. The van der Waals surface area contributed by atoms with Gasteiger partial charge in [0.2, 0.25) is 11.1 Å². The van der Waals surface area contributed by atoms with E-state index in [2.05, 4.69) is 15.4 Å². The molecule has 30 heavy (non-hydrogen) atoms. The van der Waals surface area contributed by atoms with Crippen LogP contribution in [0.1, 0.15) is 36.4 Å². The van der Waals surface area contributed by atoms with Crippen LogP contribution in [-0.4, -0.2) is 20.5 Å². The van der Waals surface area contributed by atoms with Gasteiger partial charge in [0.15, 0.2) is 5.78 Å². The fourth-order valence-electron chi connectivity index (χ4n) is 3.91. The third kappa shape index (κ3) is 3.52. The number of aromatic nitrogens is 3. The first-order chi connectivity index (χ1) is 14.6. The van der Waals surface area contributed by atoms with Gasteiger partial charge >= 0.3 is 0 Å². The molecule has 1 aromatic heterocycles. The predicted octanol–water partition coefficient (Wildman–Crippen LogP) is 5.38. The largest absolute Gasteiger partial charge is 0.328 e. The number of allylic oxidation sites excluding steroid dienone is 2. The maximum atomic E-state index is 14.0. The quantitative estimate of drug-likeness (QED) is 0.551. The lowest BCUT2D eigenvalue weighted by molar-refractivity contribution is -0.116. The van der Waals surface area contributed by atoms with Gasteiger partial charge < -0.3 is 5.32 Å². The second-order valence-electron chi connectivity index (χ2n) is 7.29. The summed E-state index contributed by atoms with van der Waals surface area (Å²) in [5.74, 6) is 0.909. The SMILES string of the molecule is O=C1CCCC2=C1C(c1ccc(Cl)cc1)n1nc(SCc3ccccc3F)nc1N2. The van der Waals surface area contributed by atoms with Crippen LogP contribution in [0.3, 0.4) is 0 Å². The minimum Gasteiger partial charge on any atom is -0.328 e. The standard InChI is InChI=1S/C22H18ClFN4OS/c23-15-10-8-13(9-11-15)20-19-17(6-3-7-18(19)29)25-21-26-22(27-28(20)21)30-12-14-4-1-2-5-16(14)24/h1-2,4-5,8-11,20H,3,6-7,12H2,(H,25,26,27). The van der Waals surface area contributed by atoms with Crippen LogP contribution in [0.2, 0.25) is 5.02 Å². The Morgan fingerprint density at radius 2 is 1.97 bits per heavy atom. The molecule has 1 aliphatic carbocycles. The summed E-state index contributed by atoms with van der Waals surface area (Å²) in [7, 11) is 0. The Kier molecular flexibility index (Phi) is 5.08. The first kappa shape index (κ1) is 19.3. The number of ketones is 1. The number of anilines is 1. The van der Waals surface area contributed by atoms with Gasteiger partial charge in [-0.2, -0.15) is 4.98 Å². The molecule has 0 amide bonds. The molecule has 5 nitrogen and oxygen atoms in total. The third-order valence-electron chi connectivity index (χ3n) is 5.35. The molecule has 3 aromatic rings. The summed E-state index contributed by atoms with van der Waals surface area (Å²) in [5, 5.41) is 9.14. The zero-order chi connectivity index (χ0) is 20.7. The molecular formula is C22H18ClFN4OS. The van der Waals surface area contributed by atoms with Gasteiger partial charge in [-0.05, 0) is 42.2 Å². The Hall–Kier alpha value is -2.64. The second-order valence-corrected chi connectivity index (χ2v) is 8.67. The van der Waals surface area contributed by atoms with E-state index in [9.17, 15) is 9.18 Å². The van der Waals surface area contributed by atoms with E-state index in [4.69, 9.17) is 11.6 Å². The highest BCUT2D eigenvalue weighted by Gasteiger charge is 2.36. The van der Waals surface area contributed by atoms with Crippen LogP contribution in [0.4, 0.5) is 10.3 Å². The van der Waals surface area contributed by atoms with Crippen molar-refractivity contribution in [1.82, 2.24) is 14.8 Å². The summed E-state index contributed by atoms with van der Waals surface area (Å²) < 4.78 is 15.7. The summed E-state index contributed by atoms with van der Waals surface area (Å²) in [5.41, 5.74) is 3.19. The number of benzene rings is 2. The van der Waals surface area contributed by atoms with Crippen LogP contribution < -0.4 is 5.32 Å². The molecule has 1 atom stereocenters. The van der Waals surface area contributed by atoms with Gasteiger partial charge in [-0.3, -0.25) is 4.79 Å². The van der Waals surface area contributed by atoms with Gasteiger partial charge in [0, 0.05) is 28.5 Å². The monoisotopic (exact) mass is 440 g/mol. The summed E-state index contributed by atoms with van der Waals surface area (Å²) in [6, 6.07) is 13.8. The van der Waals surface area contributed by atoms with Crippen LogP contribution in [0.5, 0.6) is 0 Å². The number of nitrogens with one attached hydrogen (secondary N) is 1. The maximum Gasteiger partial charge on any atom is 0.227 e. The zero-order valence-electron chi connectivity index (χ0n) is 15.9. The van der Waals surface area contributed by atoms with E-state index in [1.165, 1.54) is 17.8 Å². The van der Waals surface area contributed by atoms with Crippen molar-refractivity contribution in [3.05, 3.63) is 81.8 Å². The molecule has 0 fully saturated rings. The molecule has 1 unspecified atom stereocenters. The normalized spacial score (nSPS) is 18.1. The highest BCUT2D eigenvalue weighted by molar-refractivity contribution is 7.98. The van der Waals surface area contributed by atoms with Crippen molar-refractivity contribution >= 4 is 35.1 Å². The minimum atomic E-state index is -0.350. The summed E-state index contributed by atoms with van der Waals surface area (Å²) in [6.07, 6.45) is 2.15. The number of rotatable bonds is 4. The molecule has 2 heterocycles. The van der Waals surface area contributed by atoms with E-state index in [-0.39, 0.29) is 17.6 Å². The highest BCUT2D eigenvalue weighted by Crippen LogP contribution is 2.40. The molecule has 2 aromatic carbocycles. The molecule has 152 valence electrons. The van der Waals surface area contributed by atoms with E-state index in [0.717, 1.165) is 29.7 Å². The van der Waals surface area contributed by atoms with Crippen LogP contribution in [0, 0.1) is 5.82 Å². The third-order valence-corrected chi connectivity index (χ3v) is 6.49. The van der Waals surface area contributed by atoms with E-state index in [1.54, 1.807) is 16.8 Å². The molecular weight excluding hydrogens is 423 g/mol. The minimum absolute atomic E-state index is 0.130. The molecule has 0 spiro atoms. The molecule has 0 saturated heterocycles. The van der Waals surface area contributed by atoms with Crippen LogP contribution >= 0.6 is 23.4 Å². The van der Waals surface area contributed by atoms with Gasteiger partial charge in [0.1, 0.15) is 11.9 Å². The van der Waals surface area contributed by atoms with Crippen molar-refractivity contribution in [2.24, 2.45) is 0 Å². The Morgan fingerprint density at radius 3 is 2.77 bits per heavy atom. The molecule has 2 aliphatic rings. The van der Waals surface area contributed by atoms with Crippen molar-refractivity contribution < 1.29 is 9.18 Å². The van der Waals surface area contributed by atoms with Crippen LogP contribution in [0.15, 0.2) is 65.0 Å². The van der Waals surface area contributed by atoms with Gasteiger partial charge in [0.05, 0.1) is 0 Å². The maximum absolute atomic E-state index is 14.0. The summed E-state index contributed by atoms with van der Waals surface area (Å²) in [4.78, 5) is 17.4. The average Bonchev–Trinajstić information content (AvgIpc) is 3.15. The first-order valence-corrected chi connectivity index (χ1v) is 11.1. The van der Waals surface area contributed by atoms with Crippen molar-refractivity contribution in [2.75, 3.05) is 5.32 Å². The molecule has 8 heteroatoms. The smallest absolute Gasteiger partial charge is 0.227 e. The Labute approximate surface area is 182 Å². The summed E-state index contributed by atoms with van der Waals surface area (Å²) in [6.45, 7) is 0. The fourth-order valence-corrected chi connectivity index (χ4v) is 4.85. The molecule has 0 bridgehead atoms. The number of carbonyl (C=O) groups is 1. The van der Waals surface area contributed by atoms with Crippen molar-refractivity contribution in [1.29, 1.82) is 0 Å². The van der Waals surface area contributed by atoms with Crippen LogP contribution in [-0.2, 0) is 10.5 Å². The number of hydrogen-bond donors (Lipinski definition) is 1. The lowest BCUT2D eigenvalue weighted by Crippen LogP contribution is -2.31. The second kappa shape index (κ2) is 7.89. The zero-order valence-corrected chi connectivity index (χ0v) is 17.5.